The Bertz CT molecular complexity index is 441. The van der Waals surface area contributed by atoms with Crippen LogP contribution in [0.1, 0.15) is 31.4 Å². The highest BCUT2D eigenvalue weighted by Crippen LogP contribution is 2.17. The number of carbonyl (C=O) groups excluding carboxylic acids is 1. The van der Waals surface area contributed by atoms with Crippen molar-refractivity contribution in [3.63, 3.8) is 0 Å². The number of nitrogens with one attached hydrogen (secondary N) is 2. The van der Waals surface area contributed by atoms with Gasteiger partial charge in [-0.05, 0) is 12.5 Å². The van der Waals surface area contributed by atoms with Crippen molar-refractivity contribution >= 4 is 5.91 Å². The van der Waals surface area contributed by atoms with Gasteiger partial charge in [-0.3, -0.25) is 4.79 Å². The van der Waals surface area contributed by atoms with Gasteiger partial charge in [0.1, 0.15) is 11.6 Å². The monoisotopic (exact) mass is 286 g/mol. The molecule has 1 amide bonds. The van der Waals surface area contributed by atoms with Crippen LogP contribution in [0.25, 0.3) is 0 Å². The highest BCUT2D eigenvalue weighted by atomic mass is 19.1. The molecule has 0 radical (unpaired) electrons. The van der Waals surface area contributed by atoms with Gasteiger partial charge in [0.25, 0.3) is 0 Å². The third-order valence-electron chi connectivity index (χ3n) is 2.76. The predicted octanol–water partition coefficient (Wildman–Crippen LogP) is 1.50. The number of carbonyl (C=O) groups is 1. The van der Waals surface area contributed by atoms with Crippen LogP contribution in [0.2, 0.25) is 0 Å². The molecule has 0 fully saturated rings. The first kappa shape index (κ1) is 16.5. The van der Waals surface area contributed by atoms with Crippen LogP contribution in [0, 0.1) is 11.6 Å². The van der Waals surface area contributed by atoms with Crippen LogP contribution in [0.4, 0.5) is 8.78 Å². The molecule has 0 spiro atoms. The Balaban J connectivity index is 2.29. The van der Waals surface area contributed by atoms with Gasteiger partial charge in [-0.2, -0.15) is 0 Å². The Labute approximate surface area is 117 Å². The molecule has 112 valence electrons. The van der Waals surface area contributed by atoms with Crippen molar-refractivity contribution in [3.05, 3.63) is 35.4 Å². The zero-order chi connectivity index (χ0) is 15.0. The van der Waals surface area contributed by atoms with Crippen molar-refractivity contribution < 1.29 is 18.7 Å². The first-order chi connectivity index (χ1) is 9.54. The minimum Gasteiger partial charge on any atom is -0.387 e. The maximum Gasteiger partial charge on any atom is 0.221 e. The van der Waals surface area contributed by atoms with E-state index in [0.717, 1.165) is 18.6 Å². The molecule has 1 unspecified atom stereocenters. The Morgan fingerprint density at radius 3 is 2.75 bits per heavy atom. The summed E-state index contributed by atoms with van der Waals surface area (Å²) < 4.78 is 26.1. The third-order valence-corrected chi connectivity index (χ3v) is 2.76. The second kappa shape index (κ2) is 8.60. The largest absolute Gasteiger partial charge is 0.387 e. The molecule has 1 rings (SSSR count). The minimum absolute atomic E-state index is 0.0364. The van der Waals surface area contributed by atoms with Gasteiger partial charge in [0.15, 0.2) is 0 Å². The third kappa shape index (κ3) is 5.63. The zero-order valence-corrected chi connectivity index (χ0v) is 11.5. The lowest BCUT2D eigenvalue weighted by Crippen LogP contribution is -2.30. The summed E-state index contributed by atoms with van der Waals surface area (Å²) in [6, 6.07) is 3.04. The number of amides is 1. The summed E-state index contributed by atoms with van der Waals surface area (Å²) in [5, 5.41) is 15.4. The van der Waals surface area contributed by atoms with E-state index in [2.05, 4.69) is 10.6 Å². The molecule has 0 aliphatic carbocycles. The molecule has 0 heterocycles. The summed E-state index contributed by atoms with van der Waals surface area (Å²) in [6.07, 6.45) is 0.0923. The molecule has 0 saturated carbocycles. The highest BCUT2D eigenvalue weighted by Gasteiger charge is 2.13. The van der Waals surface area contributed by atoms with Crippen LogP contribution >= 0.6 is 0 Å². The molecule has 0 bridgehead atoms. The summed E-state index contributed by atoms with van der Waals surface area (Å²) in [4.78, 5) is 11.3. The number of aliphatic hydroxyl groups excluding tert-OH is 1. The van der Waals surface area contributed by atoms with Gasteiger partial charge in [0.2, 0.25) is 5.91 Å². The minimum atomic E-state index is -1.07. The van der Waals surface area contributed by atoms with Crippen molar-refractivity contribution in [1.82, 2.24) is 10.6 Å². The molecule has 4 nitrogen and oxygen atoms in total. The maximum atomic E-state index is 13.4. The lowest BCUT2D eigenvalue weighted by molar-refractivity contribution is -0.121. The van der Waals surface area contributed by atoms with Gasteiger partial charge in [-0.15, -0.1) is 0 Å². The first-order valence-electron chi connectivity index (χ1n) is 6.65. The van der Waals surface area contributed by atoms with E-state index in [-0.39, 0.29) is 18.0 Å². The molecule has 0 aromatic heterocycles. The fourth-order valence-corrected chi connectivity index (χ4v) is 1.68. The number of halogens is 2. The van der Waals surface area contributed by atoms with E-state index < -0.39 is 17.7 Å². The summed E-state index contributed by atoms with van der Waals surface area (Å²) in [6.45, 7) is 3.09. The smallest absolute Gasteiger partial charge is 0.221 e. The predicted molar refractivity (Wildman–Crippen MR) is 72.1 cm³/mol. The molecular weight excluding hydrogens is 266 g/mol. The Kier molecular flexibility index (Phi) is 7.11. The molecule has 1 atom stereocenters. The van der Waals surface area contributed by atoms with E-state index >= 15 is 0 Å². The lowest BCUT2D eigenvalue weighted by Gasteiger charge is -2.13. The van der Waals surface area contributed by atoms with Crippen LogP contribution in [-0.4, -0.2) is 30.6 Å². The molecule has 6 heteroatoms. The van der Waals surface area contributed by atoms with Crippen molar-refractivity contribution in [1.29, 1.82) is 0 Å². The van der Waals surface area contributed by atoms with Crippen LogP contribution in [0.3, 0.4) is 0 Å². The van der Waals surface area contributed by atoms with E-state index in [0.29, 0.717) is 19.5 Å². The van der Waals surface area contributed by atoms with Crippen molar-refractivity contribution in [2.24, 2.45) is 0 Å². The molecule has 1 aromatic carbocycles. The molecular formula is C14H20F2N2O2. The Hall–Kier alpha value is -1.53. The summed E-state index contributed by atoms with van der Waals surface area (Å²) in [7, 11) is 0. The standard InChI is InChI=1S/C14H20F2N2O2/c1-2-6-18-14(20)5-7-17-9-13(19)11-4-3-10(15)8-12(11)16/h3-4,8,13,17,19H,2,5-7,9H2,1H3,(H,18,20). The average Bonchev–Trinajstić information content (AvgIpc) is 2.41. The van der Waals surface area contributed by atoms with E-state index in [1.807, 2.05) is 6.92 Å². The second-order valence-corrected chi connectivity index (χ2v) is 4.49. The second-order valence-electron chi connectivity index (χ2n) is 4.49. The highest BCUT2D eigenvalue weighted by molar-refractivity contribution is 5.75. The molecule has 0 saturated heterocycles. The van der Waals surface area contributed by atoms with Crippen LogP contribution < -0.4 is 10.6 Å². The van der Waals surface area contributed by atoms with E-state index in [1.54, 1.807) is 0 Å². The number of aliphatic hydroxyl groups is 1. The van der Waals surface area contributed by atoms with Crippen LogP contribution in [-0.2, 0) is 4.79 Å². The fraction of sp³-hybridized carbons (Fsp3) is 0.500. The maximum absolute atomic E-state index is 13.4. The first-order valence-corrected chi connectivity index (χ1v) is 6.65. The van der Waals surface area contributed by atoms with Crippen LogP contribution in [0.15, 0.2) is 18.2 Å². The van der Waals surface area contributed by atoms with Gasteiger partial charge < -0.3 is 15.7 Å². The summed E-state index contributed by atoms with van der Waals surface area (Å²) in [5.74, 6) is -1.53. The number of hydrogen-bond acceptors (Lipinski definition) is 3. The fourth-order valence-electron chi connectivity index (χ4n) is 1.68. The van der Waals surface area contributed by atoms with Crippen molar-refractivity contribution in [2.75, 3.05) is 19.6 Å². The van der Waals surface area contributed by atoms with Gasteiger partial charge in [0.05, 0.1) is 6.10 Å². The summed E-state index contributed by atoms with van der Waals surface area (Å²) in [5.41, 5.74) is 0.0364. The topological polar surface area (TPSA) is 61.4 Å². The van der Waals surface area contributed by atoms with Gasteiger partial charge in [0, 0.05) is 37.7 Å². The molecule has 0 aliphatic rings. The van der Waals surface area contributed by atoms with Gasteiger partial charge in [-0.1, -0.05) is 13.0 Å². The lowest BCUT2D eigenvalue weighted by atomic mass is 10.1. The number of rotatable bonds is 8. The zero-order valence-electron chi connectivity index (χ0n) is 11.5. The van der Waals surface area contributed by atoms with Gasteiger partial charge in [-0.25, -0.2) is 8.78 Å². The SMILES string of the molecule is CCCNC(=O)CCNCC(O)c1ccc(F)cc1F. The van der Waals surface area contributed by atoms with Crippen LogP contribution in [0.5, 0.6) is 0 Å². The summed E-state index contributed by atoms with van der Waals surface area (Å²) >= 11 is 0. The van der Waals surface area contributed by atoms with E-state index in [4.69, 9.17) is 0 Å². The molecule has 3 N–H and O–H groups in total. The quantitative estimate of drug-likeness (QED) is 0.635. The molecule has 0 aliphatic heterocycles. The molecule has 20 heavy (non-hydrogen) atoms. The van der Waals surface area contributed by atoms with Crippen molar-refractivity contribution in [2.45, 2.75) is 25.9 Å². The van der Waals surface area contributed by atoms with E-state index in [1.165, 1.54) is 6.07 Å². The average molecular weight is 286 g/mol. The number of benzene rings is 1. The molecule has 1 aromatic rings. The van der Waals surface area contributed by atoms with Crippen molar-refractivity contribution in [3.8, 4) is 0 Å². The number of hydrogen-bond donors (Lipinski definition) is 3. The van der Waals surface area contributed by atoms with E-state index in [9.17, 15) is 18.7 Å². The normalized spacial score (nSPS) is 12.2. The van der Waals surface area contributed by atoms with Gasteiger partial charge >= 0.3 is 0 Å². The Morgan fingerprint density at radius 1 is 1.35 bits per heavy atom. The Morgan fingerprint density at radius 2 is 2.10 bits per heavy atom.